The van der Waals surface area contributed by atoms with E-state index < -0.39 is 17.8 Å². The van der Waals surface area contributed by atoms with Crippen molar-refractivity contribution in [3.05, 3.63) is 66.6 Å². The molecule has 0 aliphatic carbocycles. The number of quaternary nitrogens is 1. The van der Waals surface area contributed by atoms with E-state index in [1.807, 2.05) is 0 Å². The number of halogens is 2. The van der Waals surface area contributed by atoms with Crippen molar-refractivity contribution in [2.75, 3.05) is 13.1 Å². The van der Waals surface area contributed by atoms with Gasteiger partial charge in [-0.15, -0.1) is 0 Å². The molecule has 1 saturated heterocycles. The molecule has 0 spiro atoms. The minimum absolute atomic E-state index is 0.00822. The number of pyridine rings is 1. The number of benzene rings is 1. The number of urea groups is 1. The zero-order valence-electron chi connectivity index (χ0n) is 16.5. The van der Waals surface area contributed by atoms with Gasteiger partial charge >= 0.3 is 6.03 Å². The highest BCUT2D eigenvalue weighted by Crippen LogP contribution is 2.34. The second kappa shape index (κ2) is 7.21. The van der Waals surface area contributed by atoms with Gasteiger partial charge in [-0.25, -0.2) is 28.6 Å². The van der Waals surface area contributed by atoms with Crippen molar-refractivity contribution >= 4 is 17.5 Å². The number of carbonyl (C=O) groups excluding carboxylic acids is 1. The summed E-state index contributed by atoms with van der Waals surface area (Å²) < 4.78 is 29.9. The third-order valence-electron chi connectivity index (χ3n) is 5.83. The molecule has 4 heterocycles. The first-order valence-electron chi connectivity index (χ1n) is 9.92. The van der Waals surface area contributed by atoms with Gasteiger partial charge in [-0.05, 0) is 24.3 Å². The number of amides is 2. The molecule has 1 aliphatic rings. The molecule has 1 aromatic carbocycles. The summed E-state index contributed by atoms with van der Waals surface area (Å²) in [5.41, 5.74) is 7.98. The van der Waals surface area contributed by atoms with Gasteiger partial charge in [0.05, 0.1) is 36.4 Å². The number of hydrogen-bond acceptors (Lipinski definition) is 4. The van der Waals surface area contributed by atoms with Crippen LogP contribution >= 0.6 is 0 Å². The fourth-order valence-electron chi connectivity index (χ4n) is 4.22. The molecular formula is C22H19F2N6O+. The van der Waals surface area contributed by atoms with E-state index in [1.54, 1.807) is 40.9 Å². The zero-order valence-corrected chi connectivity index (χ0v) is 16.5. The molecule has 3 aromatic heterocycles. The number of carbonyl (C=O) groups is 1. The highest BCUT2D eigenvalue weighted by Gasteiger charge is 2.41. The molecule has 1 fully saturated rings. The lowest BCUT2D eigenvalue weighted by atomic mass is 10.1. The molecule has 0 bridgehead atoms. The van der Waals surface area contributed by atoms with Gasteiger partial charge in [-0.1, -0.05) is 6.07 Å². The predicted octanol–water partition coefficient (Wildman–Crippen LogP) is 3.92. The Balaban J connectivity index is 1.59. The average molecular weight is 421 g/mol. The lowest BCUT2D eigenvalue weighted by Crippen LogP contribution is -2.54. The SMILES string of the molecule is NC(=O)[N+]1(c2ccc(F)c(-c3ccn4c(-c5cccc(F)n5)cnc4n3)c2)CCCC1. The standard InChI is InChI=1S/C22H18F2N6O/c23-16-7-6-14(30(21(25)31)10-1-2-11-30)12-15(16)17-8-9-29-19(13-26-22(29)28-17)18-4-3-5-20(24)27-18/h3-9,12-13H,1-2,10-11H2,(H-,25,31)/p+1. The van der Waals surface area contributed by atoms with Crippen LogP contribution in [0.1, 0.15) is 12.8 Å². The smallest absolute Gasteiger partial charge is 0.319 e. The molecule has 0 saturated carbocycles. The van der Waals surface area contributed by atoms with Gasteiger partial charge < -0.3 is 5.73 Å². The lowest BCUT2D eigenvalue weighted by molar-refractivity contribution is 0.218. The van der Waals surface area contributed by atoms with E-state index in [0.29, 0.717) is 41.6 Å². The van der Waals surface area contributed by atoms with Crippen molar-refractivity contribution in [1.82, 2.24) is 23.8 Å². The molecular weight excluding hydrogens is 402 g/mol. The van der Waals surface area contributed by atoms with E-state index in [4.69, 9.17) is 5.73 Å². The molecule has 156 valence electrons. The van der Waals surface area contributed by atoms with Gasteiger partial charge in [-0.2, -0.15) is 4.39 Å². The molecule has 1 aliphatic heterocycles. The summed E-state index contributed by atoms with van der Waals surface area (Å²) in [7, 11) is 0. The van der Waals surface area contributed by atoms with Crippen LogP contribution < -0.4 is 10.2 Å². The number of nitrogens with zero attached hydrogens (tertiary/aromatic N) is 5. The highest BCUT2D eigenvalue weighted by molar-refractivity contribution is 5.87. The molecule has 0 radical (unpaired) electrons. The maximum atomic E-state index is 14.7. The van der Waals surface area contributed by atoms with Crippen LogP contribution in [0.15, 0.2) is 54.9 Å². The Hall–Kier alpha value is -3.72. The first-order chi connectivity index (χ1) is 15.0. The van der Waals surface area contributed by atoms with E-state index in [2.05, 4.69) is 15.0 Å². The van der Waals surface area contributed by atoms with Crippen molar-refractivity contribution in [3.63, 3.8) is 0 Å². The number of aromatic nitrogens is 4. The number of rotatable bonds is 3. The zero-order chi connectivity index (χ0) is 21.6. The molecule has 31 heavy (non-hydrogen) atoms. The number of primary amides is 1. The van der Waals surface area contributed by atoms with Crippen LogP contribution in [0.25, 0.3) is 28.4 Å². The Morgan fingerprint density at radius 3 is 2.58 bits per heavy atom. The lowest BCUT2D eigenvalue weighted by Gasteiger charge is -2.28. The Kier molecular flexibility index (Phi) is 4.48. The van der Waals surface area contributed by atoms with E-state index in [9.17, 15) is 13.6 Å². The van der Waals surface area contributed by atoms with Crippen molar-refractivity contribution in [1.29, 1.82) is 0 Å². The fraction of sp³-hybridized carbons (Fsp3) is 0.182. The van der Waals surface area contributed by atoms with Gasteiger partial charge in [0.25, 0.3) is 0 Å². The average Bonchev–Trinajstić information content (AvgIpc) is 3.42. The number of imidazole rings is 1. The molecule has 2 N–H and O–H groups in total. The maximum Gasteiger partial charge on any atom is 0.419 e. The van der Waals surface area contributed by atoms with Crippen LogP contribution in [0, 0.1) is 11.8 Å². The van der Waals surface area contributed by atoms with Crippen LogP contribution in [-0.4, -0.2) is 38.5 Å². The normalized spacial score (nSPS) is 15.4. The van der Waals surface area contributed by atoms with Gasteiger partial charge in [0.15, 0.2) is 0 Å². The van der Waals surface area contributed by atoms with Crippen molar-refractivity contribution in [2.24, 2.45) is 5.73 Å². The first-order valence-corrected chi connectivity index (χ1v) is 9.92. The van der Waals surface area contributed by atoms with E-state index >= 15 is 0 Å². The monoisotopic (exact) mass is 421 g/mol. The minimum Gasteiger partial charge on any atom is -0.319 e. The summed E-state index contributed by atoms with van der Waals surface area (Å²) in [4.78, 5) is 24.9. The third kappa shape index (κ3) is 3.14. The number of likely N-dealkylation sites (tertiary alicyclic amines) is 1. The third-order valence-corrected chi connectivity index (χ3v) is 5.83. The minimum atomic E-state index is -0.593. The van der Waals surface area contributed by atoms with Crippen LogP contribution in [0.5, 0.6) is 0 Å². The molecule has 0 unspecified atom stereocenters. The van der Waals surface area contributed by atoms with E-state index in [-0.39, 0.29) is 10.0 Å². The van der Waals surface area contributed by atoms with Crippen LogP contribution in [0.3, 0.4) is 0 Å². The quantitative estimate of drug-likeness (QED) is 0.401. The highest BCUT2D eigenvalue weighted by atomic mass is 19.1. The maximum absolute atomic E-state index is 14.7. The summed E-state index contributed by atoms with van der Waals surface area (Å²) in [5.74, 6) is -0.728. The second-order valence-corrected chi connectivity index (χ2v) is 7.60. The summed E-state index contributed by atoms with van der Waals surface area (Å²) in [6.07, 6.45) is 4.99. The van der Waals surface area contributed by atoms with E-state index in [1.165, 1.54) is 18.3 Å². The summed E-state index contributed by atoms with van der Waals surface area (Å²) in [5, 5.41) is 0. The van der Waals surface area contributed by atoms with Gasteiger partial charge in [0.2, 0.25) is 11.7 Å². The Labute approximate surface area is 176 Å². The van der Waals surface area contributed by atoms with Gasteiger partial charge in [-0.3, -0.25) is 4.40 Å². The van der Waals surface area contributed by atoms with Gasteiger partial charge in [0.1, 0.15) is 11.5 Å². The summed E-state index contributed by atoms with van der Waals surface area (Å²) in [6, 6.07) is 10.3. The second-order valence-electron chi connectivity index (χ2n) is 7.60. The predicted molar refractivity (Wildman–Crippen MR) is 112 cm³/mol. The molecule has 0 atom stereocenters. The number of hydrogen-bond donors (Lipinski definition) is 1. The summed E-state index contributed by atoms with van der Waals surface area (Å²) >= 11 is 0. The Morgan fingerprint density at radius 1 is 1.03 bits per heavy atom. The Bertz CT molecular complexity index is 1310. The molecule has 2 amide bonds. The van der Waals surface area contributed by atoms with E-state index in [0.717, 1.165) is 12.8 Å². The van der Waals surface area contributed by atoms with Crippen LogP contribution in [0.2, 0.25) is 0 Å². The van der Waals surface area contributed by atoms with Crippen molar-refractivity contribution in [2.45, 2.75) is 12.8 Å². The van der Waals surface area contributed by atoms with Crippen LogP contribution in [0.4, 0.5) is 19.3 Å². The topological polar surface area (TPSA) is 86.2 Å². The summed E-state index contributed by atoms with van der Waals surface area (Å²) in [6.45, 7) is 1.19. The van der Waals surface area contributed by atoms with Crippen LogP contribution in [-0.2, 0) is 0 Å². The number of nitrogens with two attached hydrogens (primary N) is 1. The van der Waals surface area contributed by atoms with Crippen molar-refractivity contribution in [3.8, 4) is 22.6 Å². The molecule has 7 nitrogen and oxygen atoms in total. The number of fused-ring (bicyclic) bond motifs is 1. The van der Waals surface area contributed by atoms with Crippen molar-refractivity contribution < 1.29 is 13.6 Å². The fourth-order valence-corrected chi connectivity index (χ4v) is 4.22. The molecule has 9 heteroatoms. The largest absolute Gasteiger partial charge is 0.419 e. The Morgan fingerprint density at radius 2 is 1.84 bits per heavy atom. The molecule has 4 aromatic rings. The van der Waals surface area contributed by atoms with Gasteiger partial charge in [0, 0.05) is 36.7 Å². The first kappa shape index (κ1) is 19.3. The molecule has 5 rings (SSSR count).